The molecule has 0 unspecified atom stereocenters. The number of hydrogen-bond acceptors (Lipinski definition) is 0. The maximum absolute atomic E-state index is 2.26. The second-order valence-electron chi connectivity index (χ2n) is 3.49. The summed E-state index contributed by atoms with van der Waals surface area (Å²) >= 11 is 0. The molecule has 13 heavy (non-hydrogen) atoms. The zero-order chi connectivity index (χ0) is 8.67. The van der Waals surface area contributed by atoms with Gasteiger partial charge in [-0.3, -0.25) is 0 Å². The van der Waals surface area contributed by atoms with E-state index in [0.29, 0.717) is 5.92 Å². The summed E-state index contributed by atoms with van der Waals surface area (Å²) in [6, 6.07) is 0. The lowest BCUT2D eigenvalue weighted by Gasteiger charge is -2.11. The fraction of sp³-hybridized carbons (Fsp3) is 0.0769. The van der Waals surface area contributed by atoms with Gasteiger partial charge in [0.15, 0.2) is 0 Å². The number of hydrogen-bond donors (Lipinski definition) is 0. The lowest BCUT2D eigenvalue weighted by atomic mass is 9.92. The Balaban J connectivity index is 2.16. The molecule has 0 amide bonds. The molecule has 3 aliphatic carbocycles. The largest absolute Gasteiger partial charge is 0.0726 e. The van der Waals surface area contributed by atoms with E-state index in [0.717, 1.165) is 0 Å². The van der Waals surface area contributed by atoms with Crippen molar-refractivity contribution in [3.63, 3.8) is 0 Å². The van der Waals surface area contributed by atoms with Crippen LogP contribution in [0, 0.1) is 5.92 Å². The second-order valence-corrected chi connectivity index (χ2v) is 3.49. The molecule has 0 heterocycles. The smallest absolute Gasteiger partial charge is 0.0278 e. The molecule has 0 aromatic rings. The van der Waals surface area contributed by atoms with Crippen molar-refractivity contribution in [2.75, 3.05) is 0 Å². The van der Waals surface area contributed by atoms with Gasteiger partial charge in [-0.1, -0.05) is 54.7 Å². The molecule has 3 aliphatic rings. The van der Waals surface area contributed by atoms with Gasteiger partial charge in [0, 0.05) is 5.92 Å². The van der Waals surface area contributed by atoms with Crippen LogP contribution in [0.5, 0.6) is 0 Å². The van der Waals surface area contributed by atoms with Crippen LogP contribution in [0.15, 0.2) is 71.4 Å². The third kappa shape index (κ3) is 0.919. The highest BCUT2D eigenvalue weighted by atomic mass is 14.3. The summed E-state index contributed by atoms with van der Waals surface area (Å²) in [5, 5.41) is 0. The standard InChI is InChI=1S/C13H10/c1-4-10-6-2-8-12(10)13-9-3-7-11(13)5-1/h1-9,12H/t12-/m1/s1. The van der Waals surface area contributed by atoms with Crippen LogP contribution in [-0.4, -0.2) is 0 Å². The van der Waals surface area contributed by atoms with Crippen LogP contribution < -0.4 is 0 Å². The van der Waals surface area contributed by atoms with Crippen molar-refractivity contribution in [3.05, 3.63) is 71.4 Å². The number of allylic oxidation sites excluding steroid dienone is 12. The fourth-order valence-corrected chi connectivity index (χ4v) is 2.08. The lowest BCUT2D eigenvalue weighted by Crippen LogP contribution is -1.99. The fourth-order valence-electron chi connectivity index (χ4n) is 2.08. The van der Waals surface area contributed by atoms with E-state index in [9.17, 15) is 0 Å². The summed E-state index contributed by atoms with van der Waals surface area (Å²) in [4.78, 5) is 0. The summed E-state index contributed by atoms with van der Waals surface area (Å²) < 4.78 is 0. The van der Waals surface area contributed by atoms with E-state index < -0.39 is 0 Å². The van der Waals surface area contributed by atoms with Gasteiger partial charge < -0.3 is 0 Å². The van der Waals surface area contributed by atoms with Gasteiger partial charge in [0.1, 0.15) is 0 Å². The highest BCUT2D eigenvalue weighted by Crippen LogP contribution is 2.36. The Hall–Kier alpha value is -1.56. The van der Waals surface area contributed by atoms with Crippen LogP contribution in [0.1, 0.15) is 0 Å². The Kier molecular flexibility index (Phi) is 1.31. The molecule has 0 aliphatic heterocycles. The van der Waals surface area contributed by atoms with Crippen LogP contribution in [-0.2, 0) is 0 Å². The molecule has 0 fully saturated rings. The highest BCUT2D eigenvalue weighted by molar-refractivity contribution is 5.59. The van der Waals surface area contributed by atoms with Crippen molar-refractivity contribution in [1.29, 1.82) is 0 Å². The van der Waals surface area contributed by atoms with E-state index >= 15 is 0 Å². The molecule has 3 rings (SSSR count). The maximum atomic E-state index is 2.26. The maximum Gasteiger partial charge on any atom is 0.0278 e. The molecule has 1 atom stereocenters. The first-order valence-corrected chi connectivity index (χ1v) is 4.60. The third-order valence-corrected chi connectivity index (χ3v) is 2.74. The summed E-state index contributed by atoms with van der Waals surface area (Å²) in [6.07, 6.45) is 19.6. The second kappa shape index (κ2) is 2.46. The Bertz CT molecular complexity index is 423. The normalized spacial score (nSPS) is 27.7. The average Bonchev–Trinajstić information content (AvgIpc) is 2.72. The summed E-state index contributed by atoms with van der Waals surface area (Å²) in [5.74, 6) is 0.500. The van der Waals surface area contributed by atoms with Crippen molar-refractivity contribution in [2.24, 2.45) is 5.92 Å². The van der Waals surface area contributed by atoms with Gasteiger partial charge in [0.2, 0.25) is 0 Å². The van der Waals surface area contributed by atoms with Gasteiger partial charge in [0.25, 0.3) is 0 Å². The van der Waals surface area contributed by atoms with Crippen LogP contribution in [0.2, 0.25) is 0 Å². The molecule has 0 aromatic carbocycles. The lowest BCUT2D eigenvalue weighted by molar-refractivity contribution is 0.970. The molecule has 0 heteroatoms. The van der Waals surface area contributed by atoms with Crippen LogP contribution >= 0.6 is 0 Å². The Labute approximate surface area is 78.0 Å². The molecule has 0 spiro atoms. The van der Waals surface area contributed by atoms with Gasteiger partial charge in [0.05, 0.1) is 0 Å². The minimum atomic E-state index is 0.500. The molecule has 0 saturated carbocycles. The van der Waals surface area contributed by atoms with Gasteiger partial charge >= 0.3 is 0 Å². The molecule has 0 radical (unpaired) electrons. The van der Waals surface area contributed by atoms with E-state index in [1.807, 2.05) is 0 Å². The minimum Gasteiger partial charge on any atom is -0.0726 e. The van der Waals surface area contributed by atoms with Gasteiger partial charge in [-0.25, -0.2) is 0 Å². The number of fused-ring (bicyclic) bond motifs is 3. The number of rotatable bonds is 0. The van der Waals surface area contributed by atoms with Crippen LogP contribution in [0.4, 0.5) is 0 Å². The van der Waals surface area contributed by atoms with Crippen LogP contribution in [0.25, 0.3) is 0 Å². The first-order chi connectivity index (χ1) is 6.45. The molecule has 62 valence electrons. The Morgan fingerprint density at radius 2 is 1.77 bits per heavy atom. The molecule has 0 N–H and O–H groups in total. The predicted molar refractivity (Wildman–Crippen MR) is 55.2 cm³/mol. The van der Waals surface area contributed by atoms with Crippen molar-refractivity contribution in [2.45, 2.75) is 0 Å². The zero-order valence-corrected chi connectivity index (χ0v) is 7.27. The topological polar surface area (TPSA) is 0 Å². The van der Waals surface area contributed by atoms with E-state index in [-0.39, 0.29) is 0 Å². The van der Waals surface area contributed by atoms with E-state index in [4.69, 9.17) is 0 Å². The van der Waals surface area contributed by atoms with Crippen LogP contribution in [0.3, 0.4) is 0 Å². The molecule has 0 bridgehead atoms. The minimum absolute atomic E-state index is 0.500. The molecular weight excluding hydrogens is 156 g/mol. The Morgan fingerprint density at radius 3 is 2.77 bits per heavy atom. The van der Waals surface area contributed by atoms with E-state index in [1.54, 1.807) is 0 Å². The highest BCUT2D eigenvalue weighted by Gasteiger charge is 2.21. The third-order valence-electron chi connectivity index (χ3n) is 2.74. The first-order valence-electron chi connectivity index (χ1n) is 4.60. The van der Waals surface area contributed by atoms with Gasteiger partial charge in [-0.2, -0.15) is 0 Å². The van der Waals surface area contributed by atoms with Gasteiger partial charge in [-0.05, 0) is 16.7 Å². The molecule has 0 nitrogen and oxygen atoms in total. The van der Waals surface area contributed by atoms with E-state index in [1.165, 1.54) is 16.7 Å². The van der Waals surface area contributed by atoms with Crippen molar-refractivity contribution < 1.29 is 0 Å². The summed E-state index contributed by atoms with van der Waals surface area (Å²) in [6.45, 7) is 0. The van der Waals surface area contributed by atoms with Crippen molar-refractivity contribution in [3.8, 4) is 0 Å². The first kappa shape index (κ1) is 6.90. The predicted octanol–water partition coefficient (Wildman–Crippen LogP) is 3.09. The molecule has 0 saturated heterocycles. The van der Waals surface area contributed by atoms with Crippen molar-refractivity contribution >= 4 is 0 Å². The van der Waals surface area contributed by atoms with Crippen molar-refractivity contribution in [1.82, 2.24) is 0 Å². The monoisotopic (exact) mass is 166 g/mol. The summed E-state index contributed by atoms with van der Waals surface area (Å²) in [7, 11) is 0. The van der Waals surface area contributed by atoms with E-state index in [2.05, 4.69) is 54.7 Å². The summed E-state index contributed by atoms with van der Waals surface area (Å²) in [5.41, 5.74) is 4.20. The average molecular weight is 166 g/mol. The Morgan fingerprint density at radius 1 is 0.846 bits per heavy atom. The SMILES string of the molecule is C1=CC2=CC=CC3=CC=C[C@H]3C2=C1. The molecular formula is C13H10. The quantitative estimate of drug-likeness (QED) is 0.518. The molecule has 0 aromatic heterocycles. The zero-order valence-electron chi connectivity index (χ0n) is 7.27. The van der Waals surface area contributed by atoms with Gasteiger partial charge in [-0.15, -0.1) is 0 Å².